The van der Waals surface area contributed by atoms with E-state index in [1.54, 1.807) is 13.0 Å². The molecule has 2 rings (SSSR count). The van der Waals surface area contributed by atoms with Crippen molar-refractivity contribution in [2.75, 3.05) is 13.1 Å². The molecule has 2 atom stereocenters. The first kappa shape index (κ1) is 15.4. The molecule has 1 aliphatic rings. The molecule has 0 amide bonds. The van der Waals surface area contributed by atoms with E-state index in [4.69, 9.17) is 5.73 Å². The molecule has 0 bridgehead atoms. The lowest BCUT2D eigenvalue weighted by molar-refractivity contribution is 0.242. The van der Waals surface area contributed by atoms with Crippen LogP contribution in [-0.2, 0) is 10.0 Å². The van der Waals surface area contributed by atoms with Gasteiger partial charge < -0.3 is 5.73 Å². The minimum Gasteiger partial charge on any atom is -0.328 e. The molecule has 1 fully saturated rings. The topological polar surface area (TPSA) is 63.4 Å². The highest BCUT2D eigenvalue weighted by Crippen LogP contribution is 2.26. The van der Waals surface area contributed by atoms with Gasteiger partial charge >= 0.3 is 0 Å². The first-order chi connectivity index (χ1) is 9.32. The van der Waals surface area contributed by atoms with Crippen molar-refractivity contribution in [2.45, 2.75) is 37.6 Å². The van der Waals surface area contributed by atoms with Crippen molar-refractivity contribution in [3.63, 3.8) is 0 Å². The number of nitrogens with zero attached hydrogens (tertiary/aromatic N) is 1. The lowest BCUT2D eigenvalue weighted by atomic mass is 9.93. The molecule has 1 aromatic rings. The fourth-order valence-electron chi connectivity index (χ4n) is 2.57. The highest BCUT2D eigenvalue weighted by atomic mass is 32.2. The molecule has 0 spiro atoms. The van der Waals surface area contributed by atoms with E-state index < -0.39 is 15.8 Å². The minimum atomic E-state index is -3.78. The summed E-state index contributed by atoms with van der Waals surface area (Å²) in [4.78, 5) is -0.233. The number of nitrogens with two attached hydrogens (primary N) is 1. The third kappa shape index (κ3) is 3.02. The van der Waals surface area contributed by atoms with Crippen LogP contribution in [0.1, 0.15) is 25.3 Å². The molecule has 1 heterocycles. The van der Waals surface area contributed by atoms with Gasteiger partial charge in [0.05, 0.1) is 0 Å². The summed E-state index contributed by atoms with van der Waals surface area (Å²) in [5.41, 5.74) is 6.60. The number of piperidine rings is 1. The molecule has 1 aliphatic heterocycles. The van der Waals surface area contributed by atoms with Crippen molar-refractivity contribution >= 4 is 10.0 Å². The molecule has 112 valence electrons. The summed E-state index contributed by atoms with van der Waals surface area (Å²) in [6.07, 6.45) is 1.68. The number of aryl methyl sites for hydroxylation is 1. The SMILES string of the molecule is Cc1ccc(F)c(S(=O)(=O)N2CCC[C@@H]([C@H](C)N)C2)c1. The van der Waals surface area contributed by atoms with E-state index in [0.717, 1.165) is 18.4 Å². The van der Waals surface area contributed by atoms with Crippen LogP contribution in [0.3, 0.4) is 0 Å². The molecule has 0 aliphatic carbocycles. The summed E-state index contributed by atoms with van der Waals surface area (Å²) in [5, 5.41) is 0. The molecule has 1 saturated heterocycles. The third-order valence-electron chi connectivity index (χ3n) is 3.87. The van der Waals surface area contributed by atoms with Gasteiger partial charge in [0.25, 0.3) is 0 Å². The van der Waals surface area contributed by atoms with Crippen LogP contribution in [0.25, 0.3) is 0 Å². The maximum absolute atomic E-state index is 13.8. The molecule has 2 N–H and O–H groups in total. The average Bonchev–Trinajstić information content (AvgIpc) is 2.41. The second kappa shape index (κ2) is 5.79. The Kier molecular flexibility index (Phi) is 4.46. The van der Waals surface area contributed by atoms with Gasteiger partial charge in [-0.3, -0.25) is 0 Å². The summed E-state index contributed by atoms with van der Waals surface area (Å²) in [5.74, 6) is -0.565. The maximum atomic E-state index is 13.8. The molecule has 6 heteroatoms. The fourth-order valence-corrected chi connectivity index (χ4v) is 4.25. The summed E-state index contributed by atoms with van der Waals surface area (Å²) >= 11 is 0. The highest BCUT2D eigenvalue weighted by Gasteiger charge is 2.33. The molecule has 0 saturated carbocycles. The monoisotopic (exact) mass is 300 g/mol. The van der Waals surface area contributed by atoms with Crippen molar-refractivity contribution < 1.29 is 12.8 Å². The van der Waals surface area contributed by atoms with Gasteiger partial charge in [-0.25, -0.2) is 12.8 Å². The van der Waals surface area contributed by atoms with Crippen LogP contribution in [0.5, 0.6) is 0 Å². The van der Waals surface area contributed by atoms with Gasteiger partial charge in [0, 0.05) is 19.1 Å². The van der Waals surface area contributed by atoms with Gasteiger partial charge in [-0.15, -0.1) is 0 Å². The summed E-state index contributed by atoms with van der Waals surface area (Å²) in [6, 6.07) is 4.10. The summed E-state index contributed by atoms with van der Waals surface area (Å²) < 4.78 is 40.4. The fraction of sp³-hybridized carbons (Fsp3) is 0.571. The van der Waals surface area contributed by atoms with Crippen LogP contribution in [0.15, 0.2) is 23.1 Å². The number of halogens is 1. The van der Waals surface area contributed by atoms with Crippen molar-refractivity contribution in [1.82, 2.24) is 4.31 Å². The molecular formula is C14H21FN2O2S. The normalized spacial score (nSPS) is 22.7. The van der Waals surface area contributed by atoms with E-state index in [-0.39, 0.29) is 16.9 Å². The second-order valence-electron chi connectivity index (χ2n) is 5.56. The van der Waals surface area contributed by atoms with Crippen LogP contribution >= 0.6 is 0 Å². The van der Waals surface area contributed by atoms with E-state index in [0.29, 0.717) is 13.1 Å². The van der Waals surface area contributed by atoms with Gasteiger partial charge in [-0.05, 0) is 50.3 Å². The summed E-state index contributed by atoms with van der Waals surface area (Å²) in [6.45, 7) is 4.43. The van der Waals surface area contributed by atoms with E-state index in [9.17, 15) is 12.8 Å². The average molecular weight is 300 g/mol. The second-order valence-corrected chi connectivity index (χ2v) is 7.46. The Morgan fingerprint density at radius 1 is 1.45 bits per heavy atom. The Morgan fingerprint density at radius 3 is 2.80 bits per heavy atom. The number of hydrogen-bond acceptors (Lipinski definition) is 3. The van der Waals surface area contributed by atoms with E-state index in [1.807, 2.05) is 6.92 Å². The quantitative estimate of drug-likeness (QED) is 0.927. The minimum absolute atomic E-state index is 0.0599. The van der Waals surface area contributed by atoms with E-state index >= 15 is 0 Å². The zero-order valence-electron chi connectivity index (χ0n) is 11.8. The van der Waals surface area contributed by atoms with Crippen molar-refractivity contribution in [3.05, 3.63) is 29.6 Å². The molecular weight excluding hydrogens is 279 g/mol. The Balaban J connectivity index is 2.32. The van der Waals surface area contributed by atoms with Gasteiger partial charge in [-0.1, -0.05) is 6.07 Å². The Morgan fingerprint density at radius 2 is 2.15 bits per heavy atom. The van der Waals surface area contributed by atoms with Crippen LogP contribution in [0, 0.1) is 18.7 Å². The molecule has 0 unspecified atom stereocenters. The third-order valence-corrected chi connectivity index (χ3v) is 5.75. The zero-order chi connectivity index (χ0) is 14.9. The Bertz CT molecular complexity index is 587. The molecule has 0 radical (unpaired) electrons. The largest absolute Gasteiger partial charge is 0.328 e. The Labute approximate surface area is 119 Å². The van der Waals surface area contributed by atoms with Gasteiger partial charge in [0.2, 0.25) is 10.0 Å². The molecule has 0 aromatic heterocycles. The highest BCUT2D eigenvalue weighted by molar-refractivity contribution is 7.89. The first-order valence-corrected chi connectivity index (χ1v) is 8.28. The predicted molar refractivity (Wildman–Crippen MR) is 76.3 cm³/mol. The van der Waals surface area contributed by atoms with Crippen molar-refractivity contribution in [1.29, 1.82) is 0 Å². The number of sulfonamides is 1. The smallest absolute Gasteiger partial charge is 0.246 e. The van der Waals surface area contributed by atoms with Crippen LogP contribution < -0.4 is 5.73 Å². The maximum Gasteiger partial charge on any atom is 0.246 e. The number of hydrogen-bond donors (Lipinski definition) is 1. The van der Waals surface area contributed by atoms with Crippen molar-refractivity contribution in [2.24, 2.45) is 11.7 Å². The molecule has 4 nitrogen and oxygen atoms in total. The van der Waals surface area contributed by atoms with Gasteiger partial charge in [0.15, 0.2) is 0 Å². The lowest BCUT2D eigenvalue weighted by Gasteiger charge is -2.33. The van der Waals surface area contributed by atoms with Gasteiger partial charge in [-0.2, -0.15) is 4.31 Å². The molecule has 20 heavy (non-hydrogen) atoms. The van der Waals surface area contributed by atoms with Crippen LogP contribution in [-0.4, -0.2) is 31.9 Å². The zero-order valence-corrected chi connectivity index (χ0v) is 12.7. The summed E-state index contributed by atoms with van der Waals surface area (Å²) in [7, 11) is -3.78. The van der Waals surface area contributed by atoms with Crippen LogP contribution in [0.2, 0.25) is 0 Å². The lowest BCUT2D eigenvalue weighted by Crippen LogP contribution is -2.45. The van der Waals surface area contributed by atoms with E-state index in [1.165, 1.54) is 16.4 Å². The predicted octanol–water partition coefficient (Wildman–Crippen LogP) is 1.88. The number of rotatable bonds is 3. The molecule has 1 aromatic carbocycles. The standard InChI is InChI=1S/C14H21FN2O2S/c1-10-5-6-13(15)14(8-10)20(18,19)17-7-3-4-12(9-17)11(2)16/h5-6,8,11-12H,3-4,7,9,16H2,1-2H3/t11-,12+/m0/s1. The van der Waals surface area contributed by atoms with E-state index in [2.05, 4.69) is 0 Å². The number of benzene rings is 1. The Hall–Kier alpha value is -0.980. The van der Waals surface area contributed by atoms with Crippen molar-refractivity contribution in [3.8, 4) is 0 Å². The first-order valence-electron chi connectivity index (χ1n) is 6.84. The van der Waals surface area contributed by atoms with Gasteiger partial charge in [0.1, 0.15) is 10.7 Å². The van der Waals surface area contributed by atoms with Crippen LogP contribution in [0.4, 0.5) is 4.39 Å².